The molecule has 0 saturated carbocycles. The molecule has 2 bridgehead atoms. The summed E-state index contributed by atoms with van der Waals surface area (Å²) in [5.41, 5.74) is 2.93. The van der Waals surface area contributed by atoms with Crippen LogP contribution in [0.15, 0.2) is 49.7 Å². The van der Waals surface area contributed by atoms with E-state index in [-0.39, 0.29) is 5.75 Å². The first-order valence-electron chi connectivity index (χ1n) is 9.64. The largest absolute Gasteiger partial charge is 0.507 e. The van der Waals surface area contributed by atoms with Gasteiger partial charge in [0.15, 0.2) is 5.82 Å². The Kier molecular flexibility index (Phi) is 4.16. The van der Waals surface area contributed by atoms with Gasteiger partial charge in [0.05, 0.1) is 18.2 Å². The molecule has 2 aromatic heterocycles. The number of fused-ring (bicyclic) bond motifs is 2. The van der Waals surface area contributed by atoms with Crippen molar-refractivity contribution in [3.05, 3.63) is 55.5 Å². The second-order valence-electron chi connectivity index (χ2n) is 7.67. The van der Waals surface area contributed by atoms with E-state index >= 15 is 0 Å². The highest BCUT2D eigenvalue weighted by molar-refractivity contribution is 5.68. The maximum absolute atomic E-state index is 10.4. The molecule has 7 nitrogen and oxygen atoms in total. The molecular formula is C21H22N6O. The summed E-state index contributed by atoms with van der Waals surface area (Å²) in [4.78, 5) is 8.52. The fraction of sp³-hybridized carbons (Fsp3) is 0.333. The van der Waals surface area contributed by atoms with E-state index < -0.39 is 0 Å². The molecule has 0 aliphatic carbocycles. The van der Waals surface area contributed by atoms with Gasteiger partial charge in [-0.15, -0.1) is 10.2 Å². The van der Waals surface area contributed by atoms with Crippen LogP contribution in [0.3, 0.4) is 0 Å². The standard InChI is InChI=1S/C21H22N6O/c1-13(14-8-15-2-3-16(9-14)24-15)21-23-11-19(25-26-21)18-5-4-17(10-20(18)28)27-7-6-22-12-27/h4-7,10-12,14-16,24,28H,1-3,8-9H2/t14?,15-,16+. The number of phenols is 1. The third-order valence-corrected chi connectivity index (χ3v) is 5.87. The Bertz CT molecular complexity index is 986. The highest BCUT2D eigenvalue weighted by atomic mass is 16.3. The first-order chi connectivity index (χ1) is 13.7. The first-order valence-corrected chi connectivity index (χ1v) is 9.64. The van der Waals surface area contributed by atoms with Crippen LogP contribution in [0.5, 0.6) is 5.75 Å². The number of hydrogen-bond acceptors (Lipinski definition) is 6. The molecule has 3 atom stereocenters. The summed E-state index contributed by atoms with van der Waals surface area (Å²) >= 11 is 0. The minimum absolute atomic E-state index is 0.129. The van der Waals surface area contributed by atoms with Crippen molar-refractivity contribution in [1.82, 2.24) is 30.0 Å². The lowest BCUT2D eigenvalue weighted by atomic mass is 9.86. The topological polar surface area (TPSA) is 88.8 Å². The minimum atomic E-state index is 0.129. The predicted molar refractivity (Wildman–Crippen MR) is 106 cm³/mol. The van der Waals surface area contributed by atoms with E-state index in [1.54, 1.807) is 24.8 Å². The maximum Gasteiger partial charge on any atom is 0.177 e. The zero-order chi connectivity index (χ0) is 19.1. The fourth-order valence-corrected chi connectivity index (χ4v) is 4.38. The molecule has 2 aliphatic heterocycles. The highest BCUT2D eigenvalue weighted by Gasteiger charge is 2.35. The molecule has 4 heterocycles. The van der Waals surface area contributed by atoms with Crippen LogP contribution in [-0.2, 0) is 0 Å². The van der Waals surface area contributed by atoms with Crippen LogP contribution < -0.4 is 5.32 Å². The van der Waals surface area contributed by atoms with Gasteiger partial charge in [0.2, 0.25) is 0 Å². The molecule has 0 radical (unpaired) electrons. The number of nitrogens with one attached hydrogen (secondary N) is 1. The maximum atomic E-state index is 10.4. The normalized spacial score (nSPS) is 23.6. The smallest absolute Gasteiger partial charge is 0.177 e. The van der Waals surface area contributed by atoms with Gasteiger partial charge in [0.1, 0.15) is 11.4 Å². The summed E-state index contributed by atoms with van der Waals surface area (Å²) in [6.07, 6.45) is 11.6. The molecule has 28 heavy (non-hydrogen) atoms. The quantitative estimate of drug-likeness (QED) is 0.730. The Morgan fingerprint density at radius 3 is 2.64 bits per heavy atom. The number of imidazole rings is 1. The molecule has 7 heteroatoms. The molecule has 1 unspecified atom stereocenters. The van der Waals surface area contributed by atoms with Crippen LogP contribution in [0.4, 0.5) is 0 Å². The molecular weight excluding hydrogens is 352 g/mol. The highest BCUT2D eigenvalue weighted by Crippen LogP contribution is 2.37. The molecule has 1 aromatic carbocycles. The van der Waals surface area contributed by atoms with E-state index in [4.69, 9.17) is 0 Å². The van der Waals surface area contributed by atoms with Gasteiger partial charge in [-0.1, -0.05) is 6.58 Å². The molecule has 2 N–H and O–H groups in total. The van der Waals surface area contributed by atoms with Crippen LogP contribution in [0.2, 0.25) is 0 Å². The van der Waals surface area contributed by atoms with E-state index in [1.165, 1.54) is 12.8 Å². The van der Waals surface area contributed by atoms with Gasteiger partial charge in [-0.3, -0.25) is 0 Å². The van der Waals surface area contributed by atoms with Gasteiger partial charge >= 0.3 is 0 Å². The van der Waals surface area contributed by atoms with Crippen molar-refractivity contribution in [1.29, 1.82) is 0 Å². The average Bonchev–Trinajstić information content (AvgIpc) is 3.37. The lowest BCUT2D eigenvalue weighted by molar-refractivity contribution is 0.351. The summed E-state index contributed by atoms with van der Waals surface area (Å²) in [5.74, 6) is 1.14. The lowest BCUT2D eigenvalue weighted by Gasteiger charge is -2.29. The number of nitrogens with zero attached hydrogens (tertiary/aromatic N) is 5. The number of phenolic OH excluding ortho intramolecular Hbond substituents is 1. The Labute approximate surface area is 163 Å². The number of aromatic hydroxyl groups is 1. The van der Waals surface area contributed by atoms with Crippen molar-refractivity contribution >= 4 is 5.57 Å². The van der Waals surface area contributed by atoms with Crippen molar-refractivity contribution in [2.75, 3.05) is 0 Å². The SMILES string of the molecule is C=C(c1ncc(-c2ccc(-n3ccnc3)cc2O)nn1)C1C[C@H]2CC[C@@H](C1)N2. The summed E-state index contributed by atoms with van der Waals surface area (Å²) in [6.45, 7) is 4.25. The van der Waals surface area contributed by atoms with Crippen molar-refractivity contribution in [2.24, 2.45) is 5.92 Å². The Hall–Kier alpha value is -3.06. The van der Waals surface area contributed by atoms with Crippen LogP contribution in [0.1, 0.15) is 31.5 Å². The molecule has 2 fully saturated rings. The molecule has 2 saturated heterocycles. The Morgan fingerprint density at radius 2 is 2.00 bits per heavy atom. The van der Waals surface area contributed by atoms with Gasteiger partial charge in [-0.25, -0.2) is 9.97 Å². The Morgan fingerprint density at radius 1 is 1.18 bits per heavy atom. The molecule has 142 valence electrons. The first kappa shape index (κ1) is 17.1. The number of aromatic nitrogens is 5. The van der Waals surface area contributed by atoms with E-state index in [0.29, 0.717) is 35.1 Å². The van der Waals surface area contributed by atoms with Crippen LogP contribution in [-0.4, -0.2) is 41.9 Å². The number of rotatable bonds is 4. The fourth-order valence-electron chi connectivity index (χ4n) is 4.38. The minimum Gasteiger partial charge on any atom is -0.507 e. The summed E-state index contributed by atoms with van der Waals surface area (Å²) in [7, 11) is 0. The van der Waals surface area contributed by atoms with Gasteiger partial charge in [0, 0.05) is 36.1 Å². The number of benzene rings is 1. The molecule has 0 spiro atoms. The lowest BCUT2D eigenvalue weighted by Crippen LogP contribution is -2.38. The van der Waals surface area contributed by atoms with E-state index in [9.17, 15) is 5.11 Å². The van der Waals surface area contributed by atoms with Crippen LogP contribution in [0.25, 0.3) is 22.5 Å². The summed E-state index contributed by atoms with van der Waals surface area (Å²) < 4.78 is 1.83. The van der Waals surface area contributed by atoms with Gasteiger partial charge < -0.3 is 15.0 Å². The second kappa shape index (κ2) is 6.83. The van der Waals surface area contributed by atoms with Crippen molar-refractivity contribution in [2.45, 2.75) is 37.8 Å². The molecule has 3 aromatic rings. The van der Waals surface area contributed by atoms with Crippen LogP contribution in [0, 0.1) is 5.92 Å². The van der Waals surface area contributed by atoms with Gasteiger partial charge in [-0.2, -0.15) is 0 Å². The van der Waals surface area contributed by atoms with Gasteiger partial charge in [0.25, 0.3) is 0 Å². The van der Waals surface area contributed by atoms with Crippen molar-refractivity contribution in [3.8, 4) is 22.7 Å². The number of hydrogen-bond donors (Lipinski definition) is 2. The third kappa shape index (κ3) is 3.07. The van der Waals surface area contributed by atoms with Crippen LogP contribution >= 0.6 is 0 Å². The van der Waals surface area contributed by atoms with E-state index in [1.807, 2.05) is 22.9 Å². The third-order valence-electron chi connectivity index (χ3n) is 5.87. The van der Waals surface area contributed by atoms with Gasteiger partial charge in [-0.05, 0) is 49.3 Å². The summed E-state index contributed by atoms with van der Waals surface area (Å²) in [5, 5.41) is 22.7. The average molecular weight is 374 g/mol. The zero-order valence-corrected chi connectivity index (χ0v) is 15.5. The van der Waals surface area contributed by atoms with Crippen molar-refractivity contribution < 1.29 is 5.11 Å². The van der Waals surface area contributed by atoms with E-state index in [2.05, 4.69) is 32.1 Å². The monoisotopic (exact) mass is 374 g/mol. The molecule has 5 rings (SSSR count). The molecule has 2 aliphatic rings. The number of allylic oxidation sites excluding steroid dienone is 1. The predicted octanol–water partition coefficient (Wildman–Crippen LogP) is 2.97. The second-order valence-corrected chi connectivity index (χ2v) is 7.67. The Balaban J connectivity index is 1.36. The zero-order valence-electron chi connectivity index (χ0n) is 15.5. The number of piperidine rings is 1. The van der Waals surface area contributed by atoms with E-state index in [0.717, 1.165) is 24.1 Å². The summed E-state index contributed by atoms with van der Waals surface area (Å²) in [6, 6.07) is 6.58. The molecule has 0 amide bonds. The van der Waals surface area contributed by atoms with Crippen molar-refractivity contribution in [3.63, 3.8) is 0 Å².